The largest absolute Gasteiger partial charge is 0.480 e. The van der Waals surface area contributed by atoms with E-state index in [0.717, 1.165) is 0 Å². The zero-order chi connectivity index (χ0) is 11.3. The normalized spacial score (nSPS) is 16.9. The molecule has 1 amide bonds. The smallest absolute Gasteiger partial charge is 0.328 e. The molecule has 0 saturated carbocycles. The summed E-state index contributed by atoms with van der Waals surface area (Å²) in [5.41, 5.74) is 0. The molecule has 82 valence electrons. The SMILES string of the molecule is COC(C)C(=O)NC(C(=O)O)C(C)O. The number of rotatable bonds is 5. The predicted octanol–water partition coefficient (Wildman–Crippen LogP) is -1.03. The molecule has 3 atom stereocenters. The Hall–Kier alpha value is -1.14. The second-order valence-corrected chi connectivity index (χ2v) is 2.94. The lowest BCUT2D eigenvalue weighted by molar-refractivity contribution is -0.146. The molecule has 0 aromatic carbocycles. The zero-order valence-electron chi connectivity index (χ0n) is 8.35. The van der Waals surface area contributed by atoms with Crippen LogP contribution in [0, 0.1) is 0 Å². The van der Waals surface area contributed by atoms with Crippen molar-refractivity contribution in [3.8, 4) is 0 Å². The summed E-state index contributed by atoms with van der Waals surface area (Å²) in [7, 11) is 1.34. The Morgan fingerprint density at radius 2 is 1.86 bits per heavy atom. The van der Waals surface area contributed by atoms with Crippen LogP contribution in [0.25, 0.3) is 0 Å². The number of carboxylic acids is 1. The first-order valence-corrected chi connectivity index (χ1v) is 4.14. The molecule has 14 heavy (non-hydrogen) atoms. The molecule has 0 rings (SSSR count). The molecule has 3 unspecified atom stereocenters. The van der Waals surface area contributed by atoms with Crippen molar-refractivity contribution in [3.05, 3.63) is 0 Å². The Bertz CT molecular complexity index is 216. The van der Waals surface area contributed by atoms with E-state index in [1.165, 1.54) is 21.0 Å². The van der Waals surface area contributed by atoms with E-state index in [1.54, 1.807) is 0 Å². The Labute approximate surface area is 81.9 Å². The van der Waals surface area contributed by atoms with E-state index >= 15 is 0 Å². The molecule has 0 aliphatic rings. The minimum atomic E-state index is -1.31. The molecule has 0 bridgehead atoms. The van der Waals surface area contributed by atoms with Gasteiger partial charge in [-0.15, -0.1) is 0 Å². The molecule has 6 nitrogen and oxygen atoms in total. The molecule has 3 N–H and O–H groups in total. The Balaban J connectivity index is 4.31. The van der Waals surface area contributed by atoms with Gasteiger partial charge in [0, 0.05) is 7.11 Å². The number of carbonyl (C=O) groups excluding carboxylic acids is 1. The van der Waals surface area contributed by atoms with Gasteiger partial charge in [0.15, 0.2) is 6.04 Å². The zero-order valence-corrected chi connectivity index (χ0v) is 8.35. The number of ether oxygens (including phenoxy) is 1. The van der Waals surface area contributed by atoms with Crippen LogP contribution in [-0.2, 0) is 14.3 Å². The van der Waals surface area contributed by atoms with Crippen molar-refractivity contribution >= 4 is 11.9 Å². The van der Waals surface area contributed by atoms with Crippen molar-refractivity contribution in [1.82, 2.24) is 5.32 Å². The van der Waals surface area contributed by atoms with Gasteiger partial charge in [-0.3, -0.25) is 4.79 Å². The third kappa shape index (κ3) is 3.71. The maximum absolute atomic E-state index is 11.2. The number of carboxylic acid groups (broad SMARTS) is 1. The van der Waals surface area contributed by atoms with Gasteiger partial charge in [-0.25, -0.2) is 4.79 Å². The molecule has 0 heterocycles. The molecule has 0 fully saturated rings. The Morgan fingerprint density at radius 1 is 1.36 bits per heavy atom. The van der Waals surface area contributed by atoms with Gasteiger partial charge in [0.25, 0.3) is 0 Å². The third-order valence-electron chi connectivity index (χ3n) is 1.77. The van der Waals surface area contributed by atoms with Gasteiger partial charge >= 0.3 is 5.97 Å². The average Bonchev–Trinajstić information content (AvgIpc) is 2.11. The predicted molar refractivity (Wildman–Crippen MR) is 47.7 cm³/mol. The molecule has 0 aromatic heterocycles. The van der Waals surface area contributed by atoms with Crippen molar-refractivity contribution in [2.75, 3.05) is 7.11 Å². The summed E-state index contributed by atoms with van der Waals surface area (Å²) >= 11 is 0. The monoisotopic (exact) mass is 205 g/mol. The van der Waals surface area contributed by atoms with Gasteiger partial charge < -0.3 is 20.3 Å². The van der Waals surface area contributed by atoms with E-state index in [2.05, 4.69) is 10.1 Å². The fraction of sp³-hybridized carbons (Fsp3) is 0.750. The van der Waals surface area contributed by atoms with E-state index in [4.69, 9.17) is 10.2 Å². The number of aliphatic hydroxyl groups is 1. The van der Waals surface area contributed by atoms with E-state index < -0.39 is 30.1 Å². The minimum Gasteiger partial charge on any atom is -0.480 e. The number of carbonyl (C=O) groups is 2. The summed E-state index contributed by atoms with van der Waals surface area (Å²) in [6.07, 6.45) is -1.89. The summed E-state index contributed by atoms with van der Waals surface area (Å²) in [4.78, 5) is 21.8. The van der Waals surface area contributed by atoms with Crippen molar-refractivity contribution in [2.24, 2.45) is 0 Å². The molecular weight excluding hydrogens is 190 g/mol. The number of hydrogen-bond acceptors (Lipinski definition) is 4. The fourth-order valence-corrected chi connectivity index (χ4v) is 0.766. The molecule has 0 spiro atoms. The van der Waals surface area contributed by atoms with Crippen molar-refractivity contribution in [2.45, 2.75) is 32.1 Å². The summed E-state index contributed by atoms with van der Waals surface area (Å²) in [5, 5.41) is 19.8. The lowest BCUT2D eigenvalue weighted by Crippen LogP contribution is -2.50. The maximum atomic E-state index is 11.2. The van der Waals surface area contributed by atoms with Crippen LogP contribution in [-0.4, -0.2) is 47.4 Å². The van der Waals surface area contributed by atoms with Gasteiger partial charge in [0.2, 0.25) is 5.91 Å². The summed E-state index contributed by atoms with van der Waals surface area (Å²) in [6, 6.07) is -1.31. The van der Waals surface area contributed by atoms with Crippen molar-refractivity contribution < 1.29 is 24.5 Å². The van der Waals surface area contributed by atoms with Crippen LogP contribution in [0.4, 0.5) is 0 Å². The quantitative estimate of drug-likeness (QED) is 0.533. The average molecular weight is 205 g/mol. The van der Waals surface area contributed by atoms with E-state index in [1.807, 2.05) is 0 Å². The highest BCUT2D eigenvalue weighted by molar-refractivity contribution is 5.86. The number of nitrogens with one attached hydrogen (secondary N) is 1. The molecular formula is C8H15NO5. The molecule has 6 heteroatoms. The van der Waals surface area contributed by atoms with E-state index in [0.29, 0.717) is 0 Å². The highest BCUT2D eigenvalue weighted by Gasteiger charge is 2.26. The summed E-state index contributed by atoms with van der Waals surface area (Å²) in [6.45, 7) is 2.77. The Morgan fingerprint density at radius 3 is 2.14 bits per heavy atom. The minimum absolute atomic E-state index is 0.569. The maximum Gasteiger partial charge on any atom is 0.328 e. The van der Waals surface area contributed by atoms with Crippen LogP contribution >= 0.6 is 0 Å². The second-order valence-electron chi connectivity index (χ2n) is 2.94. The molecule has 0 aliphatic heterocycles. The van der Waals surface area contributed by atoms with Gasteiger partial charge in [-0.1, -0.05) is 0 Å². The van der Waals surface area contributed by atoms with Crippen LogP contribution in [0.3, 0.4) is 0 Å². The van der Waals surface area contributed by atoms with Crippen LogP contribution in [0.2, 0.25) is 0 Å². The highest BCUT2D eigenvalue weighted by atomic mass is 16.5. The van der Waals surface area contributed by atoms with E-state index in [9.17, 15) is 9.59 Å². The van der Waals surface area contributed by atoms with Gasteiger partial charge in [-0.2, -0.15) is 0 Å². The Kier molecular flexibility index (Phi) is 5.11. The van der Waals surface area contributed by atoms with Crippen LogP contribution < -0.4 is 5.32 Å². The lowest BCUT2D eigenvalue weighted by Gasteiger charge is -2.18. The highest BCUT2D eigenvalue weighted by Crippen LogP contribution is 1.95. The van der Waals surface area contributed by atoms with Gasteiger partial charge in [0.05, 0.1) is 6.10 Å². The topological polar surface area (TPSA) is 95.9 Å². The van der Waals surface area contributed by atoms with Crippen LogP contribution in [0.5, 0.6) is 0 Å². The van der Waals surface area contributed by atoms with Crippen molar-refractivity contribution in [1.29, 1.82) is 0 Å². The number of hydrogen-bond donors (Lipinski definition) is 3. The first-order valence-electron chi connectivity index (χ1n) is 4.14. The van der Waals surface area contributed by atoms with E-state index in [-0.39, 0.29) is 0 Å². The fourth-order valence-electron chi connectivity index (χ4n) is 0.766. The molecule has 0 radical (unpaired) electrons. The van der Waals surface area contributed by atoms with Crippen LogP contribution in [0.15, 0.2) is 0 Å². The molecule has 0 saturated heterocycles. The van der Waals surface area contributed by atoms with Gasteiger partial charge in [0.1, 0.15) is 6.10 Å². The first-order chi connectivity index (χ1) is 6.40. The second kappa shape index (κ2) is 5.56. The summed E-state index contributed by atoms with van der Waals surface area (Å²) < 4.78 is 4.69. The summed E-state index contributed by atoms with van der Waals surface area (Å²) in [5.74, 6) is -1.85. The number of amides is 1. The number of aliphatic hydroxyl groups excluding tert-OH is 1. The van der Waals surface area contributed by atoms with Crippen LogP contribution in [0.1, 0.15) is 13.8 Å². The molecule has 0 aromatic rings. The number of aliphatic carboxylic acids is 1. The molecule has 0 aliphatic carbocycles. The van der Waals surface area contributed by atoms with Crippen molar-refractivity contribution in [3.63, 3.8) is 0 Å². The van der Waals surface area contributed by atoms with Gasteiger partial charge in [-0.05, 0) is 13.8 Å². The standard InChI is InChI=1S/C8H15NO5/c1-4(10)6(8(12)13)9-7(11)5(2)14-3/h4-6,10H,1-3H3,(H,9,11)(H,12,13). The lowest BCUT2D eigenvalue weighted by atomic mass is 10.2. The first kappa shape index (κ1) is 12.9. The third-order valence-corrected chi connectivity index (χ3v) is 1.77. The number of methoxy groups -OCH3 is 1.